The van der Waals surface area contributed by atoms with Crippen molar-refractivity contribution in [2.75, 3.05) is 6.54 Å². The van der Waals surface area contributed by atoms with E-state index in [-0.39, 0.29) is 5.91 Å². The maximum Gasteiger partial charge on any atom is 0.223 e. The predicted molar refractivity (Wildman–Crippen MR) is 74.9 cm³/mol. The maximum absolute atomic E-state index is 12.2. The summed E-state index contributed by atoms with van der Waals surface area (Å²) in [5.41, 5.74) is 1.13. The summed E-state index contributed by atoms with van der Waals surface area (Å²) in [7, 11) is 1.90. The average molecular weight is 275 g/mol. The van der Waals surface area contributed by atoms with Crippen LogP contribution in [0.4, 0.5) is 0 Å². The molecule has 0 aliphatic carbocycles. The van der Waals surface area contributed by atoms with Gasteiger partial charge in [-0.3, -0.25) is 9.48 Å². The van der Waals surface area contributed by atoms with Crippen molar-refractivity contribution in [1.82, 2.24) is 14.7 Å². The van der Waals surface area contributed by atoms with E-state index in [1.165, 1.54) is 4.88 Å². The highest BCUT2D eigenvalue weighted by Crippen LogP contribution is 2.36. The maximum atomic E-state index is 12.2. The highest BCUT2D eigenvalue weighted by atomic mass is 32.1. The molecule has 19 heavy (non-hydrogen) atoms. The zero-order valence-corrected chi connectivity index (χ0v) is 11.8. The van der Waals surface area contributed by atoms with Crippen LogP contribution < -0.4 is 0 Å². The lowest BCUT2D eigenvalue weighted by Crippen LogP contribution is -2.44. The Bertz CT molecular complexity index is 561. The summed E-state index contributed by atoms with van der Waals surface area (Å²) in [6.45, 7) is 0.897. The number of amides is 1. The van der Waals surface area contributed by atoms with Gasteiger partial charge >= 0.3 is 0 Å². The Hall–Kier alpha value is -1.62. The molecular formula is C14H17N3OS. The predicted octanol–water partition coefficient (Wildman–Crippen LogP) is 2.39. The minimum absolute atomic E-state index is 0.258. The van der Waals surface area contributed by atoms with Gasteiger partial charge in [0, 0.05) is 31.1 Å². The molecular weight excluding hydrogens is 258 g/mol. The molecule has 0 aromatic carbocycles. The molecule has 3 rings (SSSR count). The lowest BCUT2D eigenvalue weighted by molar-refractivity contribution is -0.139. The number of carbonyl (C=O) groups excluding carboxylic acids is 1. The van der Waals surface area contributed by atoms with Crippen molar-refractivity contribution in [1.29, 1.82) is 0 Å². The molecule has 1 atom stereocenters. The van der Waals surface area contributed by atoms with E-state index in [2.05, 4.69) is 22.6 Å². The molecule has 0 spiro atoms. The van der Waals surface area contributed by atoms with E-state index in [1.54, 1.807) is 16.0 Å². The second kappa shape index (κ2) is 5.17. The molecule has 1 amide bonds. The lowest BCUT2D eigenvalue weighted by atomic mass is 10.00. The molecule has 100 valence electrons. The molecule has 1 fully saturated rings. The summed E-state index contributed by atoms with van der Waals surface area (Å²) in [5.74, 6) is 0.258. The third kappa shape index (κ3) is 2.56. The number of aryl methyl sites for hydroxylation is 2. The van der Waals surface area contributed by atoms with Crippen LogP contribution >= 0.6 is 11.3 Å². The molecule has 0 N–H and O–H groups in total. The van der Waals surface area contributed by atoms with E-state index in [0.717, 1.165) is 24.9 Å². The van der Waals surface area contributed by atoms with E-state index < -0.39 is 0 Å². The van der Waals surface area contributed by atoms with Gasteiger partial charge in [0.1, 0.15) is 0 Å². The van der Waals surface area contributed by atoms with Crippen molar-refractivity contribution < 1.29 is 4.79 Å². The Morgan fingerprint density at radius 1 is 1.58 bits per heavy atom. The first-order chi connectivity index (χ1) is 9.24. The molecule has 1 aliphatic rings. The summed E-state index contributed by atoms with van der Waals surface area (Å²) in [6.07, 6.45) is 6.26. The van der Waals surface area contributed by atoms with Crippen molar-refractivity contribution in [2.45, 2.75) is 25.3 Å². The normalized spacial score (nSPS) is 18.4. The van der Waals surface area contributed by atoms with Crippen LogP contribution in [0, 0.1) is 0 Å². The number of hydrogen-bond acceptors (Lipinski definition) is 3. The zero-order chi connectivity index (χ0) is 13.2. The molecule has 3 heterocycles. The monoisotopic (exact) mass is 275 g/mol. The Labute approximate surface area is 116 Å². The standard InChI is InChI=1S/C14H17N3OS/c1-16-10-11(9-15-16)4-5-14(18)17-7-6-12(17)13-3-2-8-19-13/h2-3,8-10,12H,4-7H2,1H3. The summed E-state index contributed by atoms with van der Waals surface area (Å²) in [4.78, 5) is 15.5. The number of aromatic nitrogens is 2. The van der Waals surface area contributed by atoms with Gasteiger partial charge in [-0.1, -0.05) is 6.07 Å². The molecule has 0 saturated carbocycles. The first kappa shape index (κ1) is 12.4. The molecule has 4 nitrogen and oxygen atoms in total. The number of thiophene rings is 1. The van der Waals surface area contributed by atoms with Gasteiger partial charge in [-0.15, -0.1) is 11.3 Å². The van der Waals surface area contributed by atoms with Crippen LogP contribution in [0.3, 0.4) is 0 Å². The quantitative estimate of drug-likeness (QED) is 0.859. The van der Waals surface area contributed by atoms with Gasteiger partial charge in [-0.2, -0.15) is 5.10 Å². The first-order valence-corrected chi connectivity index (χ1v) is 7.42. The average Bonchev–Trinajstić information content (AvgIpc) is 2.97. The van der Waals surface area contributed by atoms with Crippen LogP contribution in [0.1, 0.15) is 29.3 Å². The third-order valence-corrected chi connectivity index (χ3v) is 4.57. The highest BCUT2D eigenvalue weighted by molar-refractivity contribution is 7.10. The van der Waals surface area contributed by atoms with Gasteiger partial charge in [0.05, 0.1) is 12.2 Å². The van der Waals surface area contributed by atoms with E-state index in [4.69, 9.17) is 0 Å². The molecule has 2 aromatic rings. The van der Waals surface area contributed by atoms with Gasteiger partial charge in [0.2, 0.25) is 5.91 Å². The molecule has 0 radical (unpaired) electrons. The fourth-order valence-electron chi connectivity index (χ4n) is 2.46. The fraction of sp³-hybridized carbons (Fsp3) is 0.429. The largest absolute Gasteiger partial charge is 0.335 e. The number of likely N-dealkylation sites (tertiary alicyclic amines) is 1. The van der Waals surface area contributed by atoms with Gasteiger partial charge in [-0.25, -0.2) is 0 Å². The number of carbonyl (C=O) groups is 1. The molecule has 0 bridgehead atoms. The summed E-state index contributed by atoms with van der Waals surface area (Å²) >= 11 is 1.74. The SMILES string of the molecule is Cn1cc(CCC(=O)N2CCC2c2cccs2)cn1. The van der Waals surface area contributed by atoms with Crippen LogP contribution in [-0.4, -0.2) is 27.1 Å². The summed E-state index contributed by atoms with van der Waals surface area (Å²) < 4.78 is 1.78. The zero-order valence-electron chi connectivity index (χ0n) is 11.0. The third-order valence-electron chi connectivity index (χ3n) is 3.60. The molecule has 1 aliphatic heterocycles. The number of nitrogens with zero attached hydrogens (tertiary/aromatic N) is 3. The van der Waals surface area contributed by atoms with Crippen molar-refractivity contribution in [2.24, 2.45) is 7.05 Å². The smallest absolute Gasteiger partial charge is 0.223 e. The van der Waals surface area contributed by atoms with Crippen LogP contribution in [0.25, 0.3) is 0 Å². The summed E-state index contributed by atoms with van der Waals surface area (Å²) in [6, 6.07) is 4.49. The van der Waals surface area contributed by atoms with Crippen molar-refractivity contribution >= 4 is 17.2 Å². The van der Waals surface area contributed by atoms with Gasteiger partial charge in [0.15, 0.2) is 0 Å². The summed E-state index contributed by atoms with van der Waals surface area (Å²) in [5, 5.41) is 6.20. The van der Waals surface area contributed by atoms with Crippen molar-refractivity contribution in [3.63, 3.8) is 0 Å². The van der Waals surface area contributed by atoms with E-state index in [0.29, 0.717) is 12.5 Å². The molecule has 5 heteroatoms. The second-order valence-electron chi connectivity index (χ2n) is 4.93. The van der Waals surface area contributed by atoms with Crippen LogP contribution in [-0.2, 0) is 18.3 Å². The fourth-order valence-corrected chi connectivity index (χ4v) is 3.33. The van der Waals surface area contributed by atoms with Gasteiger partial charge < -0.3 is 4.90 Å². The van der Waals surface area contributed by atoms with E-state index in [1.807, 2.05) is 24.3 Å². The van der Waals surface area contributed by atoms with Crippen molar-refractivity contribution in [3.8, 4) is 0 Å². The van der Waals surface area contributed by atoms with E-state index in [9.17, 15) is 4.79 Å². The molecule has 1 saturated heterocycles. The van der Waals surface area contributed by atoms with Crippen LogP contribution in [0.5, 0.6) is 0 Å². The van der Waals surface area contributed by atoms with Crippen LogP contribution in [0.15, 0.2) is 29.9 Å². The number of hydrogen-bond donors (Lipinski definition) is 0. The Kier molecular flexibility index (Phi) is 3.38. The van der Waals surface area contributed by atoms with Gasteiger partial charge in [0.25, 0.3) is 0 Å². The minimum Gasteiger partial charge on any atom is -0.335 e. The molecule has 1 unspecified atom stereocenters. The Morgan fingerprint density at radius 2 is 2.47 bits per heavy atom. The topological polar surface area (TPSA) is 38.1 Å². The van der Waals surface area contributed by atoms with Crippen molar-refractivity contribution in [3.05, 3.63) is 40.3 Å². The highest BCUT2D eigenvalue weighted by Gasteiger charge is 2.33. The molecule has 2 aromatic heterocycles. The first-order valence-electron chi connectivity index (χ1n) is 6.54. The second-order valence-corrected chi connectivity index (χ2v) is 5.91. The minimum atomic E-state index is 0.258. The lowest BCUT2D eigenvalue weighted by Gasteiger charge is -2.40. The van der Waals surface area contributed by atoms with Gasteiger partial charge in [-0.05, 0) is 29.9 Å². The van der Waals surface area contributed by atoms with E-state index >= 15 is 0 Å². The Balaban J connectivity index is 1.56. The Morgan fingerprint density at radius 3 is 3.05 bits per heavy atom. The number of rotatable bonds is 4. The van der Waals surface area contributed by atoms with Crippen LogP contribution in [0.2, 0.25) is 0 Å².